The number of benzene rings is 2. The molecule has 0 unspecified atom stereocenters. The maximum atomic E-state index is 10.8. The highest BCUT2D eigenvalue weighted by molar-refractivity contribution is 5.82. The third kappa shape index (κ3) is 3.34. The summed E-state index contributed by atoms with van der Waals surface area (Å²) in [5.41, 5.74) is 3.06. The molecule has 104 valence electrons. The molecule has 2 aromatic carbocycles. The molecule has 0 aliphatic carbocycles. The molecule has 0 aromatic heterocycles. The summed E-state index contributed by atoms with van der Waals surface area (Å²) < 4.78 is 0. The second kappa shape index (κ2) is 7.01. The molecule has 4 nitrogen and oxygen atoms in total. The summed E-state index contributed by atoms with van der Waals surface area (Å²) in [5, 5.41) is 9.06. The van der Waals surface area contributed by atoms with E-state index in [4.69, 9.17) is 5.26 Å². The molecule has 0 amide bonds. The smallest absolute Gasteiger partial charge is 0.139 e. The Bertz CT molecular complexity index is 665. The molecule has 0 saturated carbocycles. The number of hydrogen-bond donors (Lipinski definition) is 0. The molecular formula is C17H14N2O2. The summed E-state index contributed by atoms with van der Waals surface area (Å²) in [4.78, 5) is 23.3. The molecule has 0 saturated heterocycles. The lowest BCUT2D eigenvalue weighted by Crippen LogP contribution is -2.27. The molecule has 0 fully saturated rings. The van der Waals surface area contributed by atoms with E-state index in [1.54, 1.807) is 17.0 Å². The Hall–Kier alpha value is -2.93. The monoisotopic (exact) mass is 278 g/mol. The third-order valence-electron chi connectivity index (χ3n) is 3.14. The first kappa shape index (κ1) is 14.5. The van der Waals surface area contributed by atoms with Crippen LogP contribution < -0.4 is 4.90 Å². The first-order chi connectivity index (χ1) is 10.3. The van der Waals surface area contributed by atoms with Crippen LogP contribution in [-0.4, -0.2) is 25.7 Å². The van der Waals surface area contributed by atoms with E-state index < -0.39 is 0 Å². The SMILES string of the molecule is N#Cc1ccc(-c2ccccc2)c(N(CC=O)CC=O)c1. The van der Waals surface area contributed by atoms with Crippen molar-refractivity contribution < 1.29 is 9.59 Å². The van der Waals surface area contributed by atoms with E-state index in [1.165, 1.54) is 0 Å². The van der Waals surface area contributed by atoms with E-state index >= 15 is 0 Å². The largest absolute Gasteiger partial charge is 0.357 e. The fourth-order valence-electron chi connectivity index (χ4n) is 2.18. The first-order valence-corrected chi connectivity index (χ1v) is 6.52. The Kier molecular flexibility index (Phi) is 4.84. The van der Waals surface area contributed by atoms with Gasteiger partial charge in [0, 0.05) is 11.3 Å². The Morgan fingerprint density at radius 3 is 2.24 bits per heavy atom. The molecule has 0 N–H and O–H groups in total. The van der Waals surface area contributed by atoms with Gasteiger partial charge in [-0.2, -0.15) is 5.26 Å². The Morgan fingerprint density at radius 2 is 1.67 bits per heavy atom. The summed E-state index contributed by atoms with van der Waals surface area (Å²) in [7, 11) is 0. The lowest BCUT2D eigenvalue weighted by Gasteiger charge is -2.23. The van der Waals surface area contributed by atoms with Gasteiger partial charge < -0.3 is 14.5 Å². The van der Waals surface area contributed by atoms with E-state index in [0.717, 1.165) is 23.7 Å². The van der Waals surface area contributed by atoms with Crippen molar-refractivity contribution in [3.8, 4) is 17.2 Å². The van der Waals surface area contributed by atoms with Gasteiger partial charge in [-0.05, 0) is 17.7 Å². The van der Waals surface area contributed by atoms with Gasteiger partial charge in [0.2, 0.25) is 0 Å². The van der Waals surface area contributed by atoms with Crippen LogP contribution in [0.4, 0.5) is 5.69 Å². The molecule has 0 heterocycles. The van der Waals surface area contributed by atoms with Crippen molar-refractivity contribution in [1.29, 1.82) is 5.26 Å². The van der Waals surface area contributed by atoms with Crippen molar-refractivity contribution in [2.75, 3.05) is 18.0 Å². The van der Waals surface area contributed by atoms with Crippen molar-refractivity contribution in [3.63, 3.8) is 0 Å². The zero-order valence-electron chi connectivity index (χ0n) is 11.4. The normalized spacial score (nSPS) is 9.67. The van der Waals surface area contributed by atoms with Gasteiger partial charge in [-0.15, -0.1) is 0 Å². The van der Waals surface area contributed by atoms with Gasteiger partial charge in [0.05, 0.1) is 24.7 Å². The molecule has 2 aromatic rings. The van der Waals surface area contributed by atoms with E-state index in [1.807, 2.05) is 36.4 Å². The molecule has 0 radical (unpaired) electrons. The molecule has 0 aliphatic heterocycles. The summed E-state index contributed by atoms with van der Waals surface area (Å²) in [5.74, 6) is 0. The number of hydrogen-bond acceptors (Lipinski definition) is 4. The standard InChI is InChI=1S/C17H14N2O2/c18-13-14-6-7-16(15-4-2-1-3-5-15)17(12-14)19(8-10-20)9-11-21/h1-7,10-12H,8-9H2. The van der Waals surface area contributed by atoms with Gasteiger partial charge in [-0.3, -0.25) is 0 Å². The van der Waals surface area contributed by atoms with Gasteiger partial charge >= 0.3 is 0 Å². The van der Waals surface area contributed by atoms with Crippen LogP contribution in [0.1, 0.15) is 5.56 Å². The van der Waals surface area contributed by atoms with Gasteiger partial charge in [-0.25, -0.2) is 0 Å². The van der Waals surface area contributed by atoms with Crippen molar-refractivity contribution in [3.05, 3.63) is 54.1 Å². The lowest BCUT2D eigenvalue weighted by molar-refractivity contribution is -0.107. The minimum Gasteiger partial charge on any atom is -0.357 e. The Labute approximate surface area is 123 Å². The zero-order valence-corrected chi connectivity index (χ0v) is 11.4. The van der Waals surface area contributed by atoms with Crippen molar-refractivity contribution in [2.45, 2.75) is 0 Å². The second-order valence-corrected chi connectivity index (χ2v) is 4.45. The number of nitrogens with zero attached hydrogens (tertiary/aromatic N) is 2. The van der Waals surface area contributed by atoms with E-state index in [-0.39, 0.29) is 13.1 Å². The summed E-state index contributed by atoms with van der Waals surface area (Å²) in [6, 6.07) is 17.0. The number of carbonyl (C=O) groups is 2. The van der Waals surface area contributed by atoms with E-state index in [0.29, 0.717) is 11.3 Å². The highest BCUT2D eigenvalue weighted by Crippen LogP contribution is 2.31. The molecule has 2 rings (SSSR count). The van der Waals surface area contributed by atoms with Crippen LogP contribution in [0, 0.1) is 11.3 Å². The van der Waals surface area contributed by atoms with Crippen LogP contribution in [0.2, 0.25) is 0 Å². The number of aldehydes is 2. The molecule has 4 heteroatoms. The van der Waals surface area contributed by atoms with Crippen LogP contribution in [0.25, 0.3) is 11.1 Å². The summed E-state index contributed by atoms with van der Waals surface area (Å²) in [6.07, 6.45) is 1.49. The van der Waals surface area contributed by atoms with Crippen LogP contribution in [-0.2, 0) is 9.59 Å². The van der Waals surface area contributed by atoms with E-state index in [9.17, 15) is 9.59 Å². The van der Waals surface area contributed by atoms with E-state index in [2.05, 4.69) is 6.07 Å². The number of anilines is 1. The second-order valence-electron chi connectivity index (χ2n) is 4.45. The average molecular weight is 278 g/mol. The Morgan fingerprint density at radius 1 is 1.00 bits per heavy atom. The topological polar surface area (TPSA) is 61.2 Å². The van der Waals surface area contributed by atoms with Gasteiger partial charge in [0.25, 0.3) is 0 Å². The van der Waals surface area contributed by atoms with Crippen molar-refractivity contribution >= 4 is 18.3 Å². The minimum atomic E-state index is 0.105. The van der Waals surface area contributed by atoms with Gasteiger partial charge in [0.15, 0.2) is 0 Å². The minimum absolute atomic E-state index is 0.105. The number of carbonyl (C=O) groups excluding carboxylic acids is 2. The van der Waals surface area contributed by atoms with Crippen molar-refractivity contribution in [2.24, 2.45) is 0 Å². The molecule has 0 spiro atoms. The first-order valence-electron chi connectivity index (χ1n) is 6.52. The fraction of sp³-hybridized carbons (Fsp3) is 0.118. The molecule has 21 heavy (non-hydrogen) atoms. The van der Waals surface area contributed by atoms with Crippen molar-refractivity contribution in [1.82, 2.24) is 0 Å². The van der Waals surface area contributed by atoms with Crippen LogP contribution in [0.3, 0.4) is 0 Å². The van der Waals surface area contributed by atoms with Crippen LogP contribution in [0.15, 0.2) is 48.5 Å². The Balaban J connectivity index is 2.57. The highest BCUT2D eigenvalue weighted by atomic mass is 16.1. The summed E-state index contributed by atoms with van der Waals surface area (Å²) >= 11 is 0. The van der Waals surface area contributed by atoms with Gasteiger partial charge in [-0.1, -0.05) is 36.4 Å². The number of rotatable bonds is 6. The van der Waals surface area contributed by atoms with Gasteiger partial charge in [0.1, 0.15) is 12.6 Å². The maximum absolute atomic E-state index is 10.8. The predicted octanol–water partition coefficient (Wildman–Crippen LogP) is 2.43. The predicted molar refractivity (Wildman–Crippen MR) is 80.9 cm³/mol. The molecule has 0 bridgehead atoms. The quantitative estimate of drug-likeness (QED) is 0.761. The average Bonchev–Trinajstić information content (AvgIpc) is 2.55. The molecule has 0 atom stereocenters. The molecule has 0 aliphatic rings. The lowest BCUT2D eigenvalue weighted by atomic mass is 10.0. The van der Waals surface area contributed by atoms with Crippen LogP contribution >= 0.6 is 0 Å². The number of nitriles is 1. The highest BCUT2D eigenvalue weighted by Gasteiger charge is 2.13. The molecular weight excluding hydrogens is 264 g/mol. The maximum Gasteiger partial charge on any atom is 0.139 e. The fourth-order valence-corrected chi connectivity index (χ4v) is 2.18. The van der Waals surface area contributed by atoms with Crippen LogP contribution in [0.5, 0.6) is 0 Å². The zero-order chi connectivity index (χ0) is 15.1. The third-order valence-corrected chi connectivity index (χ3v) is 3.14. The summed E-state index contributed by atoms with van der Waals surface area (Å²) in [6.45, 7) is 0.209.